The number of esters is 1. The zero-order valence-electron chi connectivity index (χ0n) is 11.1. The van der Waals surface area contributed by atoms with Gasteiger partial charge in [0.2, 0.25) is 0 Å². The van der Waals surface area contributed by atoms with Gasteiger partial charge in [-0.3, -0.25) is 9.78 Å². The fraction of sp³-hybridized carbons (Fsp3) is 0.250. The van der Waals surface area contributed by atoms with Crippen molar-refractivity contribution in [3.05, 3.63) is 66.0 Å². The summed E-state index contributed by atoms with van der Waals surface area (Å²) < 4.78 is 5.58. The Kier molecular flexibility index (Phi) is 4.29. The molecule has 0 amide bonds. The number of carbonyl (C=O) groups is 1. The minimum Gasteiger partial charge on any atom is -0.451 e. The molecule has 98 valence electrons. The molecule has 0 saturated heterocycles. The van der Waals surface area contributed by atoms with Crippen molar-refractivity contribution in [2.45, 2.75) is 20.0 Å². The Morgan fingerprint density at radius 3 is 2.32 bits per heavy atom. The first kappa shape index (κ1) is 13.3. The van der Waals surface area contributed by atoms with Crippen molar-refractivity contribution >= 4 is 5.97 Å². The number of hydrogen-bond acceptors (Lipinski definition) is 3. The molecule has 1 aromatic heterocycles. The Morgan fingerprint density at radius 1 is 1.05 bits per heavy atom. The number of ether oxygens (including phenoxy) is 1. The molecule has 1 aromatic carbocycles. The predicted molar refractivity (Wildman–Crippen MR) is 73.5 cm³/mol. The van der Waals surface area contributed by atoms with E-state index in [-0.39, 0.29) is 11.9 Å². The maximum absolute atomic E-state index is 11.8. The Hall–Kier alpha value is -2.16. The zero-order chi connectivity index (χ0) is 13.7. The summed E-state index contributed by atoms with van der Waals surface area (Å²) in [6.45, 7) is 3.64. The summed E-state index contributed by atoms with van der Waals surface area (Å²) in [4.78, 5) is 16.1. The highest BCUT2D eigenvalue weighted by atomic mass is 16.5. The summed E-state index contributed by atoms with van der Waals surface area (Å²) in [5.74, 6) is -0.380. The van der Waals surface area contributed by atoms with Crippen LogP contribution in [0.5, 0.6) is 0 Å². The Balaban J connectivity index is 2.32. The van der Waals surface area contributed by atoms with Gasteiger partial charge in [0.15, 0.2) is 6.10 Å². The van der Waals surface area contributed by atoms with Crippen molar-refractivity contribution in [1.29, 1.82) is 0 Å². The number of carbonyl (C=O) groups excluding carboxylic acids is 1. The third-order valence-electron chi connectivity index (χ3n) is 2.76. The highest BCUT2D eigenvalue weighted by molar-refractivity contribution is 5.72. The topological polar surface area (TPSA) is 39.2 Å². The smallest absolute Gasteiger partial charge is 0.309 e. The highest BCUT2D eigenvalue weighted by Crippen LogP contribution is 2.25. The van der Waals surface area contributed by atoms with Gasteiger partial charge in [-0.05, 0) is 17.7 Å². The fourth-order valence-corrected chi connectivity index (χ4v) is 1.71. The van der Waals surface area contributed by atoms with Crippen molar-refractivity contribution in [3.63, 3.8) is 0 Å². The molecule has 1 heterocycles. The molecule has 0 aliphatic rings. The summed E-state index contributed by atoms with van der Waals surface area (Å²) in [6.07, 6.45) is 1.26. The lowest BCUT2D eigenvalue weighted by Crippen LogP contribution is -2.17. The molecule has 3 heteroatoms. The highest BCUT2D eigenvalue weighted by Gasteiger charge is 2.21. The zero-order valence-corrected chi connectivity index (χ0v) is 11.1. The van der Waals surface area contributed by atoms with Crippen LogP contribution in [0.15, 0.2) is 54.7 Å². The number of pyridine rings is 1. The first-order valence-electron chi connectivity index (χ1n) is 6.35. The molecule has 1 atom stereocenters. The van der Waals surface area contributed by atoms with E-state index in [1.165, 1.54) is 0 Å². The van der Waals surface area contributed by atoms with Gasteiger partial charge < -0.3 is 4.74 Å². The molecule has 0 N–H and O–H groups in total. The van der Waals surface area contributed by atoms with Gasteiger partial charge >= 0.3 is 5.97 Å². The minimum atomic E-state index is -0.447. The molecule has 2 aromatic rings. The molecule has 1 unspecified atom stereocenters. The van der Waals surface area contributed by atoms with E-state index in [0.717, 1.165) is 11.3 Å². The maximum atomic E-state index is 11.8. The van der Waals surface area contributed by atoms with Crippen LogP contribution in [0.1, 0.15) is 31.2 Å². The molecule has 0 bridgehead atoms. The van der Waals surface area contributed by atoms with E-state index in [2.05, 4.69) is 4.98 Å². The van der Waals surface area contributed by atoms with E-state index >= 15 is 0 Å². The minimum absolute atomic E-state index is 0.157. The van der Waals surface area contributed by atoms with Crippen molar-refractivity contribution in [3.8, 4) is 0 Å². The summed E-state index contributed by atoms with van der Waals surface area (Å²) in [6, 6.07) is 15.3. The summed E-state index contributed by atoms with van der Waals surface area (Å²) in [5.41, 5.74) is 1.66. The average Bonchev–Trinajstić information content (AvgIpc) is 2.46. The van der Waals surface area contributed by atoms with Gasteiger partial charge in [0, 0.05) is 6.20 Å². The van der Waals surface area contributed by atoms with E-state index < -0.39 is 6.10 Å². The molecule has 0 radical (unpaired) electrons. The van der Waals surface area contributed by atoms with Gasteiger partial charge in [-0.25, -0.2) is 0 Å². The lowest BCUT2D eigenvalue weighted by molar-refractivity contribution is -0.151. The summed E-state index contributed by atoms with van der Waals surface area (Å²) in [7, 11) is 0. The van der Waals surface area contributed by atoms with Crippen LogP contribution in [0.4, 0.5) is 0 Å². The average molecular weight is 255 g/mol. The molecule has 3 nitrogen and oxygen atoms in total. The standard InChI is InChI=1S/C16H17NO2/c1-12(2)16(18)19-15(13-8-4-3-5-9-13)14-10-6-7-11-17-14/h3-12,15H,1-2H3. The van der Waals surface area contributed by atoms with Gasteiger partial charge in [-0.2, -0.15) is 0 Å². The number of nitrogens with zero attached hydrogens (tertiary/aromatic N) is 1. The number of hydrogen-bond donors (Lipinski definition) is 0. The van der Waals surface area contributed by atoms with Crippen LogP contribution in [-0.2, 0) is 9.53 Å². The lowest BCUT2D eigenvalue weighted by atomic mass is 10.1. The number of rotatable bonds is 4. The van der Waals surface area contributed by atoms with Crippen molar-refractivity contribution in [2.24, 2.45) is 5.92 Å². The van der Waals surface area contributed by atoms with E-state index in [1.807, 2.05) is 62.4 Å². The Labute approximate surface area is 113 Å². The lowest BCUT2D eigenvalue weighted by Gasteiger charge is -2.19. The fourth-order valence-electron chi connectivity index (χ4n) is 1.71. The Bertz CT molecular complexity index is 483. The molecule has 0 aliphatic heterocycles. The molecule has 19 heavy (non-hydrogen) atoms. The van der Waals surface area contributed by atoms with Gasteiger partial charge in [-0.1, -0.05) is 50.2 Å². The quantitative estimate of drug-likeness (QED) is 0.786. The van der Waals surface area contributed by atoms with Crippen LogP contribution in [0.2, 0.25) is 0 Å². The van der Waals surface area contributed by atoms with Gasteiger partial charge in [-0.15, -0.1) is 0 Å². The molecule has 0 aliphatic carbocycles. The molecular formula is C16H17NO2. The largest absolute Gasteiger partial charge is 0.451 e. The second kappa shape index (κ2) is 6.14. The monoisotopic (exact) mass is 255 g/mol. The first-order valence-corrected chi connectivity index (χ1v) is 6.35. The van der Waals surface area contributed by atoms with E-state index in [0.29, 0.717) is 0 Å². The van der Waals surface area contributed by atoms with Gasteiger partial charge in [0.1, 0.15) is 0 Å². The van der Waals surface area contributed by atoms with Crippen molar-refractivity contribution in [2.75, 3.05) is 0 Å². The molecular weight excluding hydrogens is 238 g/mol. The van der Waals surface area contributed by atoms with Crippen molar-refractivity contribution < 1.29 is 9.53 Å². The third kappa shape index (κ3) is 3.41. The second-order valence-corrected chi connectivity index (χ2v) is 4.64. The molecule has 2 rings (SSSR count). The van der Waals surface area contributed by atoms with E-state index in [4.69, 9.17) is 4.74 Å². The summed E-state index contributed by atoms with van der Waals surface area (Å²) >= 11 is 0. The Morgan fingerprint density at radius 2 is 1.74 bits per heavy atom. The van der Waals surface area contributed by atoms with E-state index in [1.54, 1.807) is 6.20 Å². The normalized spacial score (nSPS) is 12.2. The second-order valence-electron chi connectivity index (χ2n) is 4.64. The van der Waals surface area contributed by atoms with Gasteiger partial charge in [0.25, 0.3) is 0 Å². The third-order valence-corrected chi connectivity index (χ3v) is 2.76. The van der Waals surface area contributed by atoms with Crippen LogP contribution < -0.4 is 0 Å². The van der Waals surface area contributed by atoms with Crippen LogP contribution >= 0.6 is 0 Å². The molecule has 0 saturated carbocycles. The van der Waals surface area contributed by atoms with Crippen LogP contribution in [0, 0.1) is 5.92 Å². The van der Waals surface area contributed by atoms with Crippen LogP contribution in [0.3, 0.4) is 0 Å². The number of benzene rings is 1. The van der Waals surface area contributed by atoms with Gasteiger partial charge in [0.05, 0.1) is 11.6 Å². The molecule has 0 spiro atoms. The molecule has 0 fully saturated rings. The SMILES string of the molecule is CC(C)C(=O)OC(c1ccccc1)c1ccccn1. The van der Waals surface area contributed by atoms with Crippen LogP contribution in [-0.4, -0.2) is 11.0 Å². The maximum Gasteiger partial charge on any atom is 0.309 e. The van der Waals surface area contributed by atoms with Crippen LogP contribution in [0.25, 0.3) is 0 Å². The van der Waals surface area contributed by atoms with E-state index in [9.17, 15) is 4.79 Å². The number of aromatic nitrogens is 1. The first-order chi connectivity index (χ1) is 9.18. The predicted octanol–water partition coefficient (Wildman–Crippen LogP) is 3.37. The van der Waals surface area contributed by atoms with Crippen molar-refractivity contribution in [1.82, 2.24) is 4.98 Å². The summed E-state index contributed by atoms with van der Waals surface area (Å²) in [5, 5.41) is 0.